The third-order valence-corrected chi connectivity index (χ3v) is 4.27. The Kier molecular flexibility index (Phi) is 5.29. The van der Waals surface area contributed by atoms with Crippen molar-refractivity contribution in [3.8, 4) is 0 Å². The second-order valence-electron chi connectivity index (χ2n) is 6.08. The maximum Gasteiger partial charge on any atom is 0.318 e. The Hall–Kier alpha value is -2.30. The number of carbonyl (C=O) groups is 1. The van der Waals surface area contributed by atoms with Crippen molar-refractivity contribution in [2.75, 3.05) is 0 Å². The van der Waals surface area contributed by atoms with E-state index in [-0.39, 0.29) is 6.03 Å². The number of pyridine rings is 1. The molecule has 5 nitrogen and oxygen atoms in total. The Bertz CT molecular complexity index is 592. The Morgan fingerprint density at radius 3 is 2.65 bits per heavy atom. The fraction of sp³-hybridized carbons (Fsp3) is 0.444. The first kappa shape index (κ1) is 15.6. The van der Waals surface area contributed by atoms with Crippen LogP contribution in [0.4, 0.5) is 4.79 Å². The topological polar surface area (TPSA) is 58.4 Å². The molecule has 0 bridgehead atoms. The van der Waals surface area contributed by atoms with Crippen molar-refractivity contribution >= 4 is 6.03 Å². The van der Waals surface area contributed by atoms with E-state index in [0.717, 1.165) is 24.2 Å². The van der Waals surface area contributed by atoms with Crippen molar-refractivity contribution < 1.29 is 9.21 Å². The number of furan rings is 1. The van der Waals surface area contributed by atoms with Gasteiger partial charge in [-0.25, -0.2) is 4.79 Å². The first-order chi connectivity index (χ1) is 11.3. The van der Waals surface area contributed by atoms with Crippen LogP contribution >= 0.6 is 0 Å². The van der Waals surface area contributed by atoms with Crippen molar-refractivity contribution in [1.82, 2.24) is 15.2 Å². The monoisotopic (exact) mass is 313 g/mol. The molecule has 0 radical (unpaired) electrons. The minimum absolute atomic E-state index is 0.0230. The first-order valence-corrected chi connectivity index (χ1v) is 8.28. The molecule has 3 rings (SSSR count). The number of amides is 2. The van der Waals surface area contributed by atoms with E-state index in [1.807, 2.05) is 24.3 Å². The SMILES string of the molecule is O=C(NC1CCCCC1)N(Cc1ccncc1)Cc1ccco1. The van der Waals surface area contributed by atoms with Crippen LogP contribution < -0.4 is 5.32 Å². The summed E-state index contributed by atoms with van der Waals surface area (Å²) in [5, 5.41) is 3.18. The van der Waals surface area contributed by atoms with Crippen LogP contribution in [0.2, 0.25) is 0 Å². The molecule has 1 aliphatic carbocycles. The number of urea groups is 1. The fourth-order valence-corrected chi connectivity index (χ4v) is 3.01. The predicted molar refractivity (Wildman–Crippen MR) is 87.6 cm³/mol. The van der Waals surface area contributed by atoms with E-state index >= 15 is 0 Å². The van der Waals surface area contributed by atoms with Crippen LogP contribution in [-0.2, 0) is 13.1 Å². The van der Waals surface area contributed by atoms with E-state index in [1.54, 1.807) is 23.6 Å². The van der Waals surface area contributed by atoms with Gasteiger partial charge in [0.1, 0.15) is 5.76 Å². The van der Waals surface area contributed by atoms with Gasteiger partial charge in [-0.1, -0.05) is 19.3 Å². The van der Waals surface area contributed by atoms with E-state index in [2.05, 4.69) is 10.3 Å². The van der Waals surface area contributed by atoms with Gasteiger partial charge in [-0.15, -0.1) is 0 Å². The van der Waals surface area contributed by atoms with Gasteiger partial charge in [0.2, 0.25) is 0 Å². The van der Waals surface area contributed by atoms with Gasteiger partial charge in [0.15, 0.2) is 0 Å². The smallest absolute Gasteiger partial charge is 0.318 e. The van der Waals surface area contributed by atoms with Gasteiger partial charge >= 0.3 is 6.03 Å². The van der Waals surface area contributed by atoms with Crippen molar-refractivity contribution in [3.05, 3.63) is 54.2 Å². The molecule has 1 N–H and O–H groups in total. The molecule has 2 amide bonds. The molecule has 0 unspecified atom stereocenters. The van der Waals surface area contributed by atoms with Crippen LogP contribution in [0.25, 0.3) is 0 Å². The summed E-state index contributed by atoms with van der Waals surface area (Å²) in [5.41, 5.74) is 1.06. The highest BCUT2D eigenvalue weighted by Gasteiger charge is 2.21. The number of hydrogen-bond acceptors (Lipinski definition) is 3. The molecule has 5 heteroatoms. The lowest BCUT2D eigenvalue weighted by atomic mass is 9.96. The van der Waals surface area contributed by atoms with Crippen molar-refractivity contribution in [3.63, 3.8) is 0 Å². The highest BCUT2D eigenvalue weighted by Crippen LogP contribution is 2.18. The average Bonchev–Trinajstić information content (AvgIpc) is 3.09. The predicted octanol–water partition coefficient (Wildman–Crippen LogP) is 3.72. The first-order valence-electron chi connectivity index (χ1n) is 8.28. The zero-order valence-corrected chi connectivity index (χ0v) is 13.3. The summed E-state index contributed by atoms with van der Waals surface area (Å²) >= 11 is 0. The average molecular weight is 313 g/mol. The van der Waals surface area contributed by atoms with Gasteiger partial charge in [0, 0.05) is 25.0 Å². The highest BCUT2D eigenvalue weighted by molar-refractivity contribution is 5.74. The van der Waals surface area contributed by atoms with Gasteiger partial charge < -0.3 is 14.6 Å². The molecule has 1 saturated carbocycles. The van der Waals surface area contributed by atoms with E-state index in [4.69, 9.17) is 4.42 Å². The number of nitrogens with zero attached hydrogens (tertiary/aromatic N) is 2. The Morgan fingerprint density at radius 2 is 1.96 bits per heavy atom. The Morgan fingerprint density at radius 1 is 1.17 bits per heavy atom. The van der Waals surface area contributed by atoms with Crippen LogP contribution in [0.1, 0.15) is 43.4 Å². The van der Waals surface area contributed by atoms with Crippen LogP contribution in [0.3, 0.4) is 0 Å². The van der Waals surface area contributed by atoms with Crippen molar-refractivity contribution in [2.45, 2.75) is 51.2 Å². The summed E-state index contributed by atoms with van der Waals surface area (Å²) in [5.74, 6) is 0.790. The quantitative estimate of drug-likeness (QED) is 0.915. The normalized spacial score (nSPS) is 15.3. The summed E-state index contributed by atoms with van der Waals surface area (Å²) in [6.07, 6.45) is 11.0. The fourth-order valence-electron chi connectivity index (χ4n) is 3.01. The number of hydrogen-bond donors (Lipinski definition) is 1. The molecule has 2 heterocycles. The lowest BCUT2D eigenvalue weighted by Crippen LogP contribution is -2.44. The molecular weight excluding hydrogens is 290 g/mol. The third kappa shape index (κ3) is 4.58. The molecule has 0 spiro atoms. The molecule has 0 atom stereocenters. The van der Waals surface area contributed by atoms with Gasteiger partial charge in [0.05, 0.1) is 12.8 Å². The van der Waals surface area contributed by atoms with Crippen LogP contribution in [0.15, 0.2) is 47.3 Å². The van der Waals surface area contributed by atoms with Crippen LogP contribution in [0.5, 0.6) is 0 Å². The summed E-state index contributed by atoms with van der Waals surface area (Å²) in [6, 6.07) is 7.89. The summed E-state index contributed by atoms with van der Waals surface area (Å²) in [6.45, 7) is 1.01. The minimum Gasteiger partial charge on any atom is -0.467 e. The van der Waals surface area contributed by atoms with Gasteiger partial charge in [-0.05, 0) is 42.7 Å². The maximum absolute atomic E-state index is 12.7. The number of rotatable bonds is 5. The molecule has 122 valence electrons. The summed E-state index contributed by atoms with van der Waals surface area (Å²) < 4.78 is 5.41. The van der Waals surface area contributed by atoms with Crippen LogP contribution in [-0.4, -0.2) is 22.0 Å². The van der Waals surface area contributed by atoms with Gasteiger partial charge in [-0.2, -0.15) is 0 Å². The van der Waals surface area contributed by atoms with Crippen molar-refractivity contribution in [1.29, 1.82) is 0 Å². The molecule has 0 aliphatic heterocycles. The van der Waals surface area contributed by atoms with Crippen LogP contribution in [0, 0.1) is 0 Å². The van der Waals surface area contributed by atoms with E-state index in [0.29, 0.717) is 19.1 Å². The number of nitrogens with one attached hydrogen (secondary N) is 1. The lowest BCUT2D eigenvalue weighted by Gasteiger charge is -2.28. The highest BCUT2D eigenvalue weighted by atomic mass is 16.3. The lowest BCUT2D eigenvalue weighted by molar-refractivity contribution is 0.180. The van der Waals surface area contributed by atoms with E-state index in [1.165, 1.54) is 19.3 Å². The molecule has 0 aromatic carbocycles. The molecular formula is C18H23N3O2. The van der Waals surface area contributed by atoms with E-state index < -0.39 is 0 Å². The van der Waals surface area contributed by atoms with Gasteiger partial charge in [-0.3, -0.25) is 4.98 Å². The molecule has 2 aromatic heterocycles. The van der Waals surface area contributed by atoms with E-state index in [9.17, 15) is 4.79 Å². The zero-order valence-electron chi connectivity index (χ0n) is 13.3. The second-order valence-corrected chi connectivity index (χ2v) is 6.08. The molecule has 23 heavy (non-hydrogen) atoms. The largest absolute Gasteiger partial charge is 0.467 e. The standard InChI is InChI=1S/C18H23N3O2/c22-18(20-16-5-2-1-3-6-16)21(14-17-7-4-12-23-17)13-15-8-10-19-11-9-15/h4,7-12,16H,1-3,5-6,13-14H2,(H,20,22). The number of carbonyl (C=O) groups excluding carboxylic acids is 1. The summed E-state index contributed by atoms with van der Waals surface area (Å²) in [7, 11) is 0. The minimum atomic E-state index is -0.0230. The Labute approximate surface area is 136 Å². The Balaban J connectivity index is 1.66. The second kappa shape index (κ2) is 7.81. The molecule has 0 saturated heterocycles. The van der Waals surface area contributed by atoms with Gasteiger partial charge in [0.25, 0.3) is 0 Å². The zero-order chi connectivity index (χ0) is 15.9. The number of aromatic nitrogens is 1. The maximum atomic E-state index is 12.7. The molecule has 1 aliphatic rings. The molecule has 1 fully saturated rings. The van der Waals surface area contributed by atoms with Crippen molar-refractivity contribution in [2.24, 2.45) is 0 Å². The summed E-state index contributed by atoms with van der Waals surface area (Å²) in [4.78, 5) is 18.5. The third-order valence-electron chi connectivity index (χ3n) is 4.27. The molecule has 2 aromatic rings.